The Kier molecular flexibility index (Phi) is 2.26. The van der Waals surface area contributed by atoms with E-state index in [0.717, 1.165) is 11.1 Å². The Hall–Kier alpha value is -0.530. The van der Waals surface area contributed by atoms with Gasteiger partial charge in [-0.25, -0.2) is 0 Å². The van der Waals surface area contributed by atoms with Gasteiger partial charge in [0.15, 0.2) is 0 Å². The molecule has 1 aromatic rings. The number of piperidine rings is 1. The molecule has 0 saturated carbocycles. The molecule has 3 rings (SSSR count). The van der Waals surface area contributed by atoms with Gasteiger partial charge in [-0.15, -0.1) is 0 Å². The van der Waals surface area contributed by atoms with Gasteiger partial charge in [0.05, 0.1) is 0 Å². The lowest BCUT2D eigenvalue weighted by atomic mass is 9.83. The molecule has 15 heavy (non-hydrogen) atoms. The summed E-state index contributed by atoms with van der Waals surface area (Å²) in [6.07, 6.45) is 6.63. The van der Waals surface area contributed by atoms with E-state index >= 15 is 0 Å². The standard InChI is InChI=1S/C13H16ClN/c14-11-5-3-10(4-6-11)13-8-1-2-12(15-13)7-9-13/h3-6,12,15H,1-2,7-9H2/t12-,13+/m1/s1. The van der Waals surface area contributed by atoms with Crippen molar-refractivity contribution in [2.24, 2.45) is 0 Å². The molecular weight excluding hydrogens is 206 g/mol. The monoisotopic (exact) mass is 221 g/mol. The maximum atomic E-state index is 5.93. The first-order valence-corrected chi connectivity index (χ1v) is 6.20. The van der Waals surface area contributed by atoms with Crippen molar-refractivity contribution in [2.45, 2.75) is 43.7 Å². The topological polar surface area (TPSA) is 12.0 Å². The maximum Gasteiger partial charge on any atom is 0.0437 e. The van der Waals surface area contributed by atoms with Crippen molar-refractivity contribution in [2.75, 3.05) is 0 Å². The van der Waals surface area contributed by atoms with Gasteiger partial charge < -0.3 is 5.32 Å². The molecular formula is C13H16ClN. The Morgan fingerprint density at radius 1 is 1.13 bits per heavy atom. The molecule has 1 N–H and O–H groups in total. The van der Waals surface area contributed by atoms with Crippen LogP contribution in [0, 0.1) is 0 Å². The fourth-order valence-electron chi connectivity index (χ4n) is 3.16. The minimum absolute atomic E-state index is 0.271. The van der Waals surface area contributed by atoms with Gasteiger partial charge >= 0.3 is 0 Å². The molecule has 2 aliphatic rings. The third-order valence-corrected chi connectivity index (χ3v) is 4.20. The first-order chi connectivity index (χ1) is 7.28. The zero-order valence-corrected chi connectivity index (χ0v) is 9.56. The highest BCUT2D eigenvalue weighted by atomic mass is 35.5. The zero-order chi connectivity index (χ0) is 10.3. The molecule has 0 unspecified atom stereocenters. The van der Waals surface area contributed by atoms with Gasteiger partial charge in [-0.05, 0) is 49.8 Å². The summed E-state index contributed by atoms with van der Waals surface area (Å²) in [5.41, 5.74) is 1.70. The highest BCUT2D eigenvalue weighted by Gasteiger charge is 2.42. The molecule has 0 aliphatic carbocycles. The maximum absolute atomic E-state index is 5.93. The van der Waals surface area contributed by atoms with Gasteiger partial charge in [0.2, 0.25) is 0 Å². The van der Waals surface area contributed by atoms with Crippen molar-refractivity contribution >= 4 is 11.6 Å². The van der Waals surface area contributed by atoms with E-state index < -0.39 is 0 Å². The molecule has 2 heterocycles. The van der Waals surface area contributed by atoms with E-state index in [1.807, 2.05) is 12.1 Å². The normalized spacial score (nSPS) is 34.3. The molecule has 0 amide bonds. The van der Waals surface area contributed by atoms with Crippen LogP contribution >= 0.6 is 11.6 Å². The Morgan fingerprint density at radius 2 is 1.93 bits per heavy atom. The van der Waals surface area contributed by atoms with Crippen LogP contribution in [0.25, 0.3) is 0 Å². The van der Waals surface area contributed by atoms with E-state index in [0.29, 0.717) is 0 Å². The van der Waals surface area contributed by atoms with Crippen LogP contribution in [0.4, 0.5) is 0 Å². The molecule has 2 fully saturated rings. The summed E-state index contributed by atoms with van der Waals surface area (Å²) in [6, 6.07) is 9.14. The van der Waals surface area contributed by atoms with Gasteiger partial charge in [-0.1, -0.05) is 23.7 Å². The zero-order valence-electron chi connectivity index (χ0n) is 8.80. The minimum Gasteiger partial charge on any atom is -0.305 e. The first-order valence-electron chi connectivity index (χ1n) is 5.82. The van der Waals surface area contributed by atoms with E-state index in [-0.39, 0.29) is 5.54 Å². The largest absolute Gasteiger partial charge is 0.305 e. The lowest BCUT2D eigenvalue weighted by Gasteiger charge is -2.35. The molecule has 0 spiro atoms. The van der Waals surface area contributed by atoms with Crippen LogP contribution in [0.2, 0.25) is 5.02 Å². The van der Waals surface area contributed by atoms with Crippen molar-refractivity contribution in [3.8, 4) is 0 Å². The van der Waals surface area contributed by atoms with Crippen molar-refractivity contribution in [1.29, 1.82) is 0 Å². The highest BCUT2D eigenvalue weighted by molar-refractivity contribution is 6.30. The van der Waals surface area contributed by atoms with Crippen LogP contribution in [0.15, 0.2) is 24.3 Å². The molecule has 0 radical (unpaired) electrons. The Balaban J connectivity index is 1.95. The van der Waals surface area contributed by atoms with Gasteiger partial charge in [0.1, 0.15) is 0 Å². The third-order valence-electron chi connectivity index (χ3n) is 3.95. The smallest absolute Gasteiger partial charge is 0.0437 e. The predicted molar refractivity (Wildman–Crippen MR) is 63.1 cm³/mol. The van der Waals surface area contributed by atoms with Crippen molar-refractivity contribution in [3.05, 3.63) is 34.9 Å². The van der Waals surface area contributed by atoms with Crippen LogP contribution in [-0.2, 0) is 5.54 Å². The lowest BCUT2D eigenvalue weighted by Crippen LogP contribution is -2.43. The SMILES string of the molecule is Clc1ccc([C@]23CCC[C@H](CC2)N3)cc1. The average molecular weight is 222 g/mol. The number of hydrogen-bond donors (Lipinski definition) is 1. The molecule has 2 aliphatic heterocycles. The van der Waals surface area contributed by atoms with Crippen LogP contribution < -0.4 is 5.32 Å². The molecule has 2 heteroatoms. The fraction of sp³-hybridized carbons (Fsp3) is 0.538. The summed E-state index contributed by atoms with van der Waals surface area (Å²) >= 11 is 5.93. The Labute approximate surface area is 95.8 Å². The predicted octanol–water partition coefficient (Wildman–Crippen LogP) is 3.47. The summed E-state index contributed by atoms with van der Waals surface area (Å²) in [7, 11) is 0. The molecule has 2 saturated heterocycles. The van der Waals surface area contributed by atoms with Crippen LogP contribution in [0.3, 0.4) is 0 Å². The van der Waals surface area contributed by atoms with Crippen molar-refractivity contribution in [1.82, 2.24) is 5.32 Å². The highest BCUT2D eigenvalue weighted by Crippen LogP contribution is 2.42. The second kappa shape index (κ2) is 3.50. The molecule has 2 bridgehead atoms. The van der Waals surface area contributed by atoms with Crippen LogP contribution in [0.5, 0.6) is 0 Å². The average Bonchev–Trinajstić information content (AvgIpc) is 2.56. The van der Waals surface area contributed by atoms with E-state index in [4.69, 9.17) is 11.6 Å². The molecule has 0 aromatic heterocycles. The summed E-state index contributed by atoms with van der Waals surface area (Å²) < 4.78 is 0. The number of nitrogens with one attached hydrogen (secondary N) is 1. The van der Waals surface area contributed by atoms with Crippen molar-refractivity contribution < 1.29 is 0 Å². The molecule has 1 nitrogen and oxygen atoms in total. The molecule has 80 valence electrons. The minimum atomic E-state index is 0.271. The van der Waals surface area contributed by atoms with Crippen molar-refractivity contribution in [3.63, 3.8) is 0 Å². The van der Waals surface area contributed by atoms with E-state index in [1.54, 1.807) is 0 Å². The van der Waals surface area contributed by atoms with Crippen LogP contribution in [0.1, 0.15) is 37.7 Å². The van der Waals surface area contributed by atoms with Gasteiger partial charge in [-0.2, -0.15) is 0 Å². The second-order valence-electron chi connectivity index (χ2n) is 4.86. The van der Waals surface area contributed by atoms with Gasteiger partial charge in [0.25, 0.3) is 0 Å². The summed E-state index contributed by atoms with van der Waals surface area (Å²) in [5, 5.41) is 4.63. The third kappa shape index (κ3) is 1.58. The lowest BCUT2D eigenvalue weighted by molar-refractivity contribution is 0.280. The number of fused-ring (bicyclic) bond motifs is 2. The number of halogens is 1. The number of benzene rings is 1. The summed E-state index contributed by atoms with van der Waals surface area (Å²) in [6.45, 7) is 0. The Morgan fingerprint density at radius 3 is 2.73 bits per heavy atom. The molecule has 2 atom stereocenters. The van der Waals surface area contributed by atoms with Gasteiger partial charge in [0, 0.05) is 16.6 Å². The summed E-state index contributed by atoms with van der Waals surface area (Å²) in [4.78, 5) is 0. The van der Waals surface area contributed by atoms with E-state index in [9.17, 15) is 0 Å². The van der Waals surface area contributed by atoms with E-state index in [1.165, 1.54) is 37.7 Å². The number of hydrogen-bond acceptors (Lipinski definition) is 1. The second-order valence-corrected chi connectivity index (χ2v) is 5.30. The van der Waals surface area contributed by atoms with Crippen LogP contribution in [-0.4, -0.2) is 6.04 Å². The summed E-state index contributed by atoms with van der Waals surface area (Å²) in [5.74, 6) is 0. The van der Waals surface area contributed by atoms with Gasteiger partial charge in [-0.3, -0.25) is 0 Å². The molecule has 1 aromatic carbocycles. The first kappa shape index (κ1) is 9.68. The van der Waals surface area contributed by atoms with E-state index in [2.05, 4.69) is 17.4 Å². The number of rotatable bonds is 1. The quantitative estimate of drug-likeness (QED) is 0.766. The Bertz CT molecular complexity index is 355. The fourth-order valence-corrected chi connectivity index (χ4v) is 3.29.